The molecule has 24 heavy (non-hydrogen) atoms. The summed E-state index contributed by atoms with van der Waals surface area (Å²) in [6, 6.07) is 12.5. The van der Waals surface area contributed by atoms with Crippen LogP contribution >= 0.6 is 0 Å². The molecule has 126 valence electrons. The molecule has 0 unspecified atom stereocenters. The van der Waals surface area contributed by atoms with Gasteiger partial charge < -0.3 is 10.2 Å². The molecule has 1 aliphatic rings. The van der Waals surface area contributed by atoms with Crippen molar-refractivity contribution in [1.29, 1.82) is 0 Å². The molecule has 2 aromatic carbocycles. The van der Waals surface area contributed by atoms with Crippen LogP contribution in [0.1, 0.15) is 5.56 Å². The van der Waals surface area contributed by atoms with E-state index in [4.69, 9.17) is 0 Å². The van der Waals surface area contributed by atoms with Crippen molar-refractivity contribution in [2.75, 3.05) is 31.5 Å². The second-order valence-electron chi connectivity index (χ2n) is 5.76. The Morgan fingerprint density at radius 1 is 0.917 bits per heavy atom. The topological polar surface area (TPSA) is 35.6 Å². The molecule has 3 rings (SSSR count). The van der Waals surface area contributed by atoms with Gasteiger partial charge in [0.15, 0.2) is 0 Å². The second kappa shape index (κ2) is 7.40. The van der Waals surface area contributed by atoms with E-state index in [0.29, 0.717) is 38.3 Å². The van der Waals surface area contributed by atoms with Crippen LogP contribution in [0.2, 0.25) is 0 Å². The van der Waals surface area contributed by atoms with E-state index in [0.717, 1.165) is 0 Å². The van der Waals surface area contributed by atoms with E-state index in [1.165, 1.54) is 18.2 Å². The van der Waals surface area contributed by atoms with Crippen LogP contribution in [0, 0.1) is 11.6 Å². The molecule has 4 nitrogen and oxygen atoms in total. The molecule has 0 saturated carbocycles. The van der Waals surface area contributed by atoms with Crippen molar-refractivity contribution in [3.05, 3.63) is 65.7 Å². The van der Waals surface area contributed by atoms with Crippen LogP contribution < -0.4 is 5.32 Å². The van der Waals surface area contributed by atoms with Gasteiger partial charge in [-0.25, -0.2) is 13.6 Å². The Morgan fingerprint density at radius 3 is 2.21 bits per heavy atom. The Morgan fingerprint density at radius 2 is 1.54 bits per heavy atom. The number of amides is 2. The van der Waals surface area contributed by atoms with Crippen LogP contribution in [-0.2, 0) is 6.54 Å². The number of anilines is 1. The highest BCUT2D eigenvalue weighted by atomic mass is 19.1. The van der Waals surface area contributed by atoms with Crippen molar-refractivity contribution in [2.24, 2.45) is 0 Å². The highest BCUT2D eigenvalue weighted by Gasteiger charge is 2.22. The Balaban J connectivity index is 1.52. The molecule has 0 atom stereocenters. The highest BCUT2D eigenvalue weighted by molar-refractivity contribution is 5.89. The SMILES string of the molecule is O=C(Nc1ccccc1F)N1CCN(Cc2ccccc2F)CC1. The van der Waals surface area contributed by atoms with E-state index in [1.807, 2.05) is 6.07 Å². The summed E-state index contributed by atoms with van der Waals surface area (Å²) in [5, 5.41) is 2.59. The van der Waals surface area contributed by atoms with Crippen molar-refractivity contribution < 1.29 is 13.6 Å². The number of urea groups is 1. The second-order valence-corrected chi connectivity index (χ2v) is 5.76. The number of halogens is 2. The Labute approximate surface area is 139 Å². The predicted molar refractivity (Wildman–Crippen MR) is 88.7 cm³/mol. The average molecular weight is 331 g/mol. The third kappa shape index (κ3) is 3.89. The predicted octanol–water partition coefficient (Wildman–Crippen LogP) is 3.31. The Hall–Kier alpha value is -2.47. The summed E-state index contributed by atoms with van der Waals surface area (Å²) in [6.45, 7) is 2.87. The van der Waals surface area contributed by atoms with E-state index in [-0.39, 0.29) is 17.5 Å². The molecule has 2 amide bonds. The quantitative estimate of drug-likeness (QED) is 0.936. The summed E-state index contributed by atoms with van der Waals surface area (Å²) in [6.07, 6.45) is 0. The average Bonchev–Trinajstić information content (AvgIpc) is 2.59. The molecular weight excluding hydrogens is 312 g/mol. The fraction of sp³-hybridized carbons (Fsp3) is 0.278. The van der Waals surface area contributed by atoms with Gasteiger partial charge in [0.1, 0.15) is 11.6 Å². The summed E-state index contributed by atoms with van der Waals surface area (Å²) < 4.78 is 27.3. The Kier molecular flexibility index (Phi) is 5.05. The lowest BCUT2D eigenvalue weighted by Gasteiger charge is -2.34. The molecule has 1 N–H and O–H groups in total. The monoisotopic (exact) mass is 331 g/mol. The third-order valence-corrected chi connectivity index (χ3v) is 4.13. The number of rotatable bonds is 3. The number of carbonyl (C=O) groups excluding carboxylic acids is 1. The van der Waals surface area contributed by atoms with Crippen molar-refractivity contribution in [2.45, 2.75) is 6.54 Å². The minimum Gasteiger partial charge on any atom is -0.322 e. The summed E-state index contributed by atoms with van der Waals surface area (Å²) in [5.74, 6) is -0.665. The molecule has 0 aliphatic carbocycles. The van der Waals surface area contributed by atoms with Crippen molar-refractivity contribution in [1.82, 2.24) is 9.80 Å². The first-order chi connectivity index (χ1) is 11.6. The van der Waals surface area contributed by atoms with Crippen LogP contribution in [0.25, 0.3) is 0 Å². The van der Waals surface area contributed by atoms with E-state index in [2.05, 4.69) is 10.2 Å². The smallest absolute Gasteiger partial charge is 0.322 e. The number of carbonyl (C=O) groups is 1. The van der Waals surface area contributed by atoms with Gasteiger partial charge in [-0.2, -0.15) is 0 Å². The van der Waals surface area contributed by atoms with Crippen LogP contribution in [0.4, 0.5) is 19.3 Å². The fourth-order valence-electron chi connectivity index (χ4n) is 2.73. The maximum Gasteiger partial charge on any atom is 0.322 e. The van der Waals surface area contributed by atoms with Gasteiger partial charge in [0, 0.05) is 38.3 Å². The zero-order valence-corrected chi connectivity index (χ0v) is 13.2. The van der Waals surface area contributed by atoms with Crippen molar-refractivity contribution in [3.8, 4) is 0 Å². The molecule has 6 heteroatoms. The lowest BCUT2D eigenvalue weighted by molar-refractivity contribution is 0.142. The van der Waals surface area contributed by atoms with Gasteiger partial charge in [0.2, 0.25) is 0 Å². The lowest BCUT2D eigenvalue weighted by Crippen LogP contribution is -2.49. The number of nitrogens with zero attached hydrogens (tertiary/aromatic N) is 2. The summed E-state index contributed by atoms with van der Waals surface area (Å²) >= 11 is 0. The molecular formula is C18H19F2N3O. The van der Waals surface area contributed by atoms with Crippen LogP contribution in [0.3, 0.4) is 0 Å². The maximum atomic E-state index is 13.7. The highest BCUT2D eigenvalue weighted by Crippen LogP contribution is 2.15. The van der Waals surface area contributed by atoms with Crippen LogP contribution in [0.15, 0.2) is 48.5 Å². The molecule has 1 fully saturated rings. The molecule has 1 saturated heterocycles. The van der Waals surface area contributed by atoms with E-state index in [9.17, 15) is 13.6 Å². The number of benzene rings is 2. The van der Waals surface area contributed by atoms with Gasteiger partial charge >= 0.3 is 6.03 Å². The van der Waals surface area contributed by atoms with Gasteiger partial charge in [-0.3, -0.25) is 4.90 Å². The number of para-hydroxylation sites is 1. The van der Waals surface area contributed by atoms with Crippen LogP contribution in [-0.4, -0.2) is 42.0 Å². The summed E-state index contributed by atoms with van der Waals surface area (Å²) in [4.78, 5) is 16.0. The number of nitrogens with one attached hydrogen (secondary N) is 1. The van der Waals surface area contributed by atoms with Gasteiger partial charge in [-0.05, 0) is 18.2 Å². The molecule has 2 aromatic rings. The standard InChI is InChI=1S/C18H19F2N3O/c19-15-6-2-1-5-14(15)13-22-9-11-23(12-10-22)18(24)21-17-8-4-3-7-16(17)20/h1-8H,9-13H2,(H,21,24). The van der Waals surface area contributed by atoms with E-state index < -0.39 is 5.82 Å². The Bertz CT molecular complexity index is 715. The zero-order valence-electron chi connectivity index (χ0n) is 13.2. The first kappa shape index (κ1) is 16.4. The van der Waals surface area contributed by atoms with Gasteiger partial charge in [-0.1, -0.05) is 30.3 Å². The molecule has 0 bridgehead atoms. The summed E-state index contributed by atoms with van der Waals surface area (Å²) in [7, 11) is 0. The van der Waals surface area contributed by atoms with Gasteiger partial charge in [0.25, 0.3) is 0 Å². The molecule has 1 heterocycles. The number of piperazine rings is 1. The minimum atomic E-state index is -0.455. The molecule has 0 aromatic heterocycles. The third-order valence-electron chi connectivity index (χ3n) is 4.13. The molecule has 0 spiro atoms. The van der Waals surface area contributed by atoms with E-state index >= 15 is 0 Å². The number of hydrogen-bond donors (Lipinski definition) is 1. The fourth-order valence-corrected chi connectivity index (χ4v) is 2.73. The van der Waals surface area contributed by atoms with Crippen molar-refractivity contribution >= 4 is 11.7 Å². The minimum absolute atomic E-state index is 0.177. The number of hydrogen-bond acceptors (Lipinski definition) is 2. The first-order valence-corrected chi connectivity index (χ1v) is 7.90. The molecule has 1 aliphatic heterocycles. The lowest BCUT2D eigenvalue weighted by atomic mass is 10.2. The van der Waals surface area contributed by atoms with Gasteiger partial charge in [0.05, 0.1) is 5.69 Å². The normalized spacial score (nSPS) is 15.3. The van der Waals surface area contributed by atoms with Crippen molar-refractivity contribution in [3.63, 3.8) is 0 Å². The van der Waals surface area contributed by atoms with E-state index in [1.54, 1.807) is 29.2 Å². The first-order valence-electron chi connectivity index (χ1n) is 7.90. The maximum absolute atomic E-state index is 13.7. The van der Waals surface area contributed by atoms with Gasteiger partial charge in [-0.15, -0.1) is 0 Å². The largest absolute Gasteiger partial charge is 0.322 e. The zero-order chi connectivity index (χ0) is 16.9. The van der Waals surface area contributed by atoms with Crippen LogP contribution in [0.5, 0.6) is 0 Å². The molecule has 0 radical (unpaired) electrons. The summed E-state index contributed by atoms with van der Waals surface area (Å²) in [5.41, 5.74) is 0.832.